The zero-order valence-electron chi connectivity index (χ0n) is 15.3. The van der Waals surface area contributed by atoms with Gasteiger partial charge in [-0.05, 0) is 31.2 Å². The van der Waals surface area contributed by atoms with Crippen molar-refractivity contribution < 1.29 is 14.3 Å². The lowest BCUT2D eigenvalue weighted by atomic mass is 9.97. The van der Waals surface area contributed by atoms with E-state index < -0.39 is 0 Å². The highest BCUT2D eigenvalue weighted by molar-refractivity contribution is 7.18. The van der Waals surface area contributed by atoms with E-state index in [9.17, 15) is 9.59 Å². The fraction of sp³-hybridized carbons (Fsp3) is 0.611. The number of nitrogens with zero attached hydrogens (tertiary/aromatic N) is 3. The molecule has 26 heavy (non-hydrogen) atoms. The Hall–Kier alpha value is -1.77. The molecule has 0 saturated carbocycles. The van der Waals surface area contributed by atoms with Gasteiger partial charge in [-0.2, -0.15) is 0 Å². The molecule has 2 heterocycles. The van der Waals surface area contributed by atoms with E-state index in [4.69, 9.17) is 9.47 Å². The van der Waals surface area contributed by atoms with Gasteiger partial charge in [-0.3, -0.25) is 14.2 Å². The lowest BCUT2D eigenvalue weighted by Gasteiger charge is -2.22. The predicted octanol–water partition coefficient (Wildman–Crippen LogP) is 1.46. The van der Waals surface area contributed by atoms with Gasteiger partial charge in [-0.15, -0.1) is 11.3 Å². The Bertz CT molecular complexity index is 822. The third-order valence-corrected chi connectivity index (χ3v) is 5.93. The average Bonchev–Trinajstić information content (AvgIpc) is 3.03. The Morgan fingerprint density at radius 1 is 1.23 bits per heavy atom. The van der Waals surface area contributed by atoms with E-state index in [1.807, 2.05) is 0 Å². The molecule has 0 unspecified atom stereocenters. The van der Waals surface area contributed by atoms with Gasteiger partial charge in [0.15, 0.2) is 0 Å². The maximum atomic E-state index is 13.0. The maximum Gasteiger partial charge on any atom is 0.262 e. The minimum absolute atomic E-state index is 0.0141. The van der Waals surface area contributed by atoms with Crippen LogP contribution in [-0.2, 0) is 33.7 Å². The highest BCUT2D eigenvalue weighted by Crippen LogP contribution is 2.33. The normalized spacial score (nSPS) is 13.8. The van der Waals surface area contributed by atoms with E-state index in [0.717, 1.165) is 29.7 Å². The summed E-state index contributed by atoms with van der Waals surface area (Å²) in [6, 6.07) is 0. The van der Waals surface area contributed by atoms with Crippen molar-refractivity contribution in [3.05, 3.63) is 27.1 Å². The second-order valence-corrected chi connectivity index (χ2v) is 7.52. The van der Waals surface area contributed by atoms with Crippen LogP contribution >= 0.6 is 11.3 Å². The number of methoxy groups -OCH3 is 2. The number of hydrogen-bond acceptors (Lipinski definition) is 6. The molecule has 142 valence electrons. The van der Waals surface area contributed by atoms with Gasteiger partial charge in [-0.1, -0.05) is 0 Å². The standard InChI is InChI=1S/C18H25N3O4S/c1-24-9-7-20(8-10-25-2)15(22)11-21-12-19-17-16(18(21)23)13-5-3-4-6-14(13)26-17/h12H,3-11H2,1-2H3. The van der Waals surface area contributed by atoms with Crippen molar-refractivity contribution in [1.82, 2.24) is 14.5 Å². The molecule has 0 bridgehead atoms. The lowest BCUT2D eigenvalue weighted by Crippen LogP contribution is -2.40. The first-order valence-electron chi connectivity index (χ1n) is 8.91. The molecule has 0 fully saturated rings. The summed E-state index contributed by atoms with van der Waals surface area (Å²) in [5.41, 5.74) is 1.03. The number of amides is 1. The van der Waals surface area contributed by atoms with Gasteiger partial charge in [0.1, 0.15) is 11.4 Å². The molecule has 0 aliphatic heterocycles. The molecule has 2 aromatic heterocycles. The number of fused-ring (bicyclic) bond motifs is 3. The predicted molar refractivity (Wildman–Crippen MR) is 101 cm³/mol. The fourth-order valence-corrected chi connectivity index (χ4v) is 4.52. The SMILES string of the molecule is COCCN(CCOC)C(=O)Cn1cnc2sc3c(c2c1=O)CCCC3. The van der Waals surface area contributed by atoms with Crippen LogP contribution in [0.4, 0.5) is 0 Å². The van der Waals surface area contributed by atoms with Crippen LogP contribution in [-0.4, -0.2) is 60.9 Å². The van der Waals surface area contributed by atoms with Crippen LogP contribution in [0, 0.1) is 0 Å². The molecule has 0 aromatic carbocycles. The molecule has 8 heteroatoms. The number of hydrogen-bond donors (Lipinski definition) is 0. The van der Waals surface area contributed by atoms with E-state index in [0.29, 0.717) is 31.7 Å². The van der Waals surface area contributed by atoms with Gasteiger partial charge < -0.3 is 14.4 Å². The van der Waals surface area contributed by atoms with Crippen molar-refractivity contribution in [2.45, 2.75) is 32.2 Å². The molecule has 0 saturated heterocycles. The van der Waals surface area contributed by atoms with E-state index >= 15 is 0 Å². The number of carbonyl (C=O) groups excluding carboxylic acids is 1. The fourth-order valence-electron chi connectivity index (χ4n) is 3.30. The van der Waals surface area contributed by atoms with Crippen LogP contribution in [0.3, 0.4) is 0 Å². The third kappa shape index (κ3) is 3.97. The molecule has 0 atom stereocenters. The van der Waals surface area contributed by atoms with Crippen LogP contribution in [0.15, 0.2) is 11.1 Å². The minimum Gasteiger partial charge on any atom is -0.383 e. The summed E-state index contributed by atoms with van der Waals surface area (Å²) < 4.78 is 11.6. The van der Waals surface area contributed by atoms with Crippen LogP contribution in [0.25, 0.3) is 10.2 Å². The Balaban J connectivity index is 1.84. The van der Waals surface area contributed by atoms with Gasteiger partial charge in [0.2, 0.25) is 5.91 Å². The molecule has 0 spiro atoms. The maximum absolute atomic E-state index is 13.0. The van der Waals surface area contributed by atoms with Crippen LogP contribution in [0.2, 0.25) is 0 Å². The topological polar surface area (TPSA) is 73.7 Å². The van der Waals surface area contributed by atoms with Gasteiger partial charge in [0.05, 0.1) is 24.9 Å². The van der Waals surface area contributed by atoms with E-state index in [1.165, 1.54) is 22.2 Å². The smallest absolute Gasteiger partial charge is 0.262 e. The quantitative estimate of drug-likeness (QED) is 0.694. The Kier molecular flexibility index (Phi) is 6.39. The summed E-state index contributed by atoms with van der Waals surface area (Å²) >= 11 is 1.62. The van der Waals surface area contributed by atoms with Gasteiger partial charge in [0.25, 0.3) is 5.56 Å². The van der Waals surface area contributed by atoms with Crippen LogP contribution < -0.4 is 5.56 Å². The Labute approximate surface area is 156 Å². The zero-order chi connectivity index (χ0) is 18.5. The number of aryl methyl sites for hydroxylation is 2. The van der Waals surface area contributed by atoms with Crippen LogP contribution in [0.1, 0.15) is 23.3 Å². The molecule has 1 aliphatic rings. The largest absolute Gasteiger partial charge is 0.383 e. The number of carbonyl (C=O) groups is 1. The monoisotopic (exact) mass is 379 g/mol. The lowest BCUT2D eigenvalue weighted by molar-refractivity contribution is -0.133. The molecule has 1 amide bonds. The number of ether oxygens (including phenoxy) is 2. The van der Waals surface area contributed by atoms with Crippen molar-refractivity contribution in [2.75, 3.05) is 40.5 Å². The number of thiophene rings is 1. The van der Waals surface area contributed by atoms with Gasteiger partial charge in [0, 0.05) is 32.2 Å². The highest BCUT2D eigenvalue weighted by Gasteiger charge is 2.21. The number of aromatic nitrogens is 2. The first-order valence-corrected chi connectivity index (χ1v) is 9.72. The van der Waals surface area contributed by atoms with E-state index in [2.05, 4.69) is 4.98 Å². The Morgan fingerprint density at radius 2 is 1.92 bits per heavy atom. The van der Waals surface area contributed by atoms with Gasteiger partial charge >= 0.3 is 0 Å². The molecular formula is C18H25N3O4S. The number of rotatable bonds is 8. The van der Waals surface area contributed by atoms with Crippen LogP contribution in [0.5, 0.6) is 0 Å². The molecule has 0 radical (unpaired) electrons. The van der Waals surface area contributed by atoms with E-state index in [1.54, 1.807) is 30.5 Å². The molecular weight excluding hydrogens is 354 g/mol. The summed E-state index contributed by atoms with van der Waals surface area (Å²) in [4.78, 5) is 33.8. The summed E-state index contributed by atoms with van der Waals surface area (Å²) in [5.74, 6) is -0.133. The molecule has 3 rings (SSSR count). The third-order valence-electron chi connectivity index (χ3n) is 4.73. The van der Waals surface area contributed by atoms with E-state index in [-0.39, 0.29) is 18.0 Å². The highest BCUT2D eigenvalue weighted by atomic mass is 32.1. The molecule has 7 nitrogen and oxygen atoms in total. The first kappa shape index (κ1) is 19.0. The second kappa shape index (κ2) is 8.75. The van der Waals surface area contributed by atoms with Crippen molar-refractivity contribution in [2.24, 2.45) is 0 Å². The molecule has 1 aliphatic carbocycles. The van der Waals surface area contributed by atoms with Crippen molar-refractivity contribution >= 4 is 27.5 Å². The average molecular weight is 379 g/mol. The summed E-state index contributed by atoms with van der Waals surface area (Å²) in [5, 5.41) is 0.709. The zero-order valence-corrected chi connectivity index (χ0v) is 16.1. The molecule has 0 N–H and O–H groups in total. The second-order valence-electron chi connectivity index (χ2n) is 6.44. The Morgan fingerprint density at radius 3 is 2.62 bits per heavy atom. The van der Waals surface area contributed by atoms with Crippen molar-refractivity contribution in [1.29, 1.82) is 0 Å². The summed E-state index contributed by atoms with van der Waals surface area (Å²) in [6.45, 7) is 1.81. The van der Waals surface area contributed by atoms with Crippen molar-refractivity contribution in [3.63, 3.8) is 0 Å². The summed E-state index contributed by atoms with van der Waals surface area (Å²) in [7, 11) is 3.20. The molecule has 2 aromatic rings. The van der Waals surface area contributed by atoms with Crippen molar-refractivity contribution in [3.8, 4) is 0 Å². The van der Waals surface area contributed by atoms with Gasteiger partial charge in [-0.25, -0.2) is 4.98 Å². The summed E-state index contributed by atoms with van der Waals surface area (Å²) in [6.07, 6.45) is 5.72. The first-order chi connectivity index (χ1) is 12.7. The minimum atomic E-state index is -0.133.